The van der Waals surface area contributed by atoms with Crippen LogP contribution in [0.15, 0.2) is 78.9 Å². The maximum Gasteiger partial charge on any atom is 0.335 e. The molecule has 0 saturated carbocycles. The third-order valence-corrected chi connectivity index (χ3v) is 7.58. The highest BCUT2D eigenvalue weighted by Gasteiger charge is 2.63. The van der Waals surface area contributed by atoms with Gasteiger partial charge in [-0.1, -0.05) is 36.4 Å². The number of imide groups is 2. The number of barbiturate groups is 1. The topological polar surface area (TPSA) is 82.2 Å². The number of hydrogen-bond acceptors (Lipinski definition) is 6. The number of urea groups is 1. The maximum absolute atomic E-state index is 14.4. The molecule has 3 aromatic rings. The summed E-state index contributed by atoms with van der Waals surface area (Å²) in [6, 6.07) is 23.4. The summed E-state index contributed by atoms with van der Waals surface area (Å²) in [4.78, 5) is 46.6. The SMILES string of the molecule is COc1ccc(N2C(=O)NC(=O)[C@]3(Cc4ccccc4N4CCN(c5ccccc5)C[C@@H]43)C2=O)cc1. The van der Waals surface area contributed by atoms with Gasteiger partial charge in [-0.25, -0.2) is 9.69 Å². The Morgan fingerprint density at radius 2 is 1.58 bits per heavy atom. The van der Waals surface area contributed by atoms with Crippen LogP contribution in [0.25, 0.3) is 0 Å². The number of fused-ring (bicyclic) bond motifs is 4. The minimum Gasteiger partial charge on any atom is -0.497 e. The first kappa shape index (κ1) is 22.2. The zero-order valence-electron chi connectivity index (χ0n) is 19.9. The van der Waals surface area contributed by atoms with Gasteiger partial charge < -0.3 is 14.5 Å². The summed E-state index contributed by atoms with van der Waals surface area (Å²) >= 11 is 0. The Bertz CT molecular complexity index is 1340. The summed E-state index contributed by atoms with van der Waals surface area (Å²) in [6.45, 7) is 1.87. The minimum atomic E-state index is -1.46. The van der Waals surface area contributed by atoms with Gasteiger partial charge in [-0.3, -0.25) is 14.9 Å². The van der Waals surface area contributed by atoms with Gasteiger partial charge in [0.25, 0.3) is 5.91 Å². The van der Waals surface area contributed by atoms with Crippen molar-refractivity contribution in [3.63, 3.8) is 0 Å². The molecule has 8 nitrogen and oxygen atoms in total. The lowest BCUT2D eigenvalue weighted by molar-refractivity contribution is -0.144. The first-order valence-corrected chi connectivity index (χ1v) is 12.0. The van der Waals surface area contributed by atoms with Crippen molar-refractivity contribution in [2.75, 3.05) is 41.4 Å². The molecular weight excluding hydrogens is 456 g/mol. The lowest BCUT2D eigenvalue weighted by atomic mass is 9.67. The molecule has 1 spiro atoms. The second-order valence-electron chi connectivity index (χ2n) is 9.37. The average molecular weight is 483 g/mol. The second kappa shape index (κ2) is 8.41. The van der Waals surface area contributed by atoms with E-state index in [0.29, 0.717) is 24.5 Å². The van der Waals surface area contributed by atoms with Gasteiger partial charge in [0.05, 0.1) is 18.8 Å². The number of methoxy groups -OCH3 is 1. The van der Waals surface area contributed by atoms with Crippen LogP contribution >= 0.6 is 0 Å². The number of piperazine rings is 1. The number of para-hydroxylation sites is 2. The van der Waals surface area contributed by atoms with Crippen LogP contribution in [0.1, 0.15) is 5.56 Å². The summed E-state index contributed by atoms with van der Waals surface area (Å²) < 4.78 is 5.23. The Morgan fingerprint density at radius 1 is 0.861 bits per heavy atom. The Hall–Kier alpha value is -4.33. The van der Waals surface area contributed by atoms with E-state index in [2.05, 4.69) is 15.1 Å². The molecule has 2 saturated heterocycles. The van der Waals surface area contributed by atoms with Crippen molar-refractivity contribution < 1.29 is 19.1 Å². The van der Waals surface area contributed by atoms with Crippen LogP contribution in [0.3, 0.4) is 0 Å². The smallest absolute Gasteiger partial charge is 0.335 e. The lowest BCUT2D eigenvalue weighted by Crippen LogP contribution is -2.75. The third kappa shape index (κ3) is 3.25. The van der Waals surface area contributed by atoms with Gasteiger partial charge in [0.1, 0.15) is 5.75 Å². The molecule has 1 N–H and O–H groups in total. The molecule has 3 aliphatic rings. The number of rotatable bonds is 3. The van der Waals surface area contributed by atoms with Gasteiger partial charge in [0.2, 0.25) is 5.91 Å². The van der Waals surface area contributed by atoms with Crippen LogP contribution < -0.4 is 24.8 Å². The zero-order chi connectivity index (χ0) is 24.9. The molecule has 0 aliphatic carbocycles. The summed E-state index contributed by atoms with van der Waals surface area (Å²) in [5.74, 6) is -0.430. The fraction of sp³-hybridized carbons (Fsp3) is 0.250. The molecule has 2 fully saturated rings. The van der Waals surface area contributed by atoms with Crippen molar-refractivity contribution in [1.29, 1.82) is 0 Å². The van der Waals surface area contributed by atoms with E-state index in [1.807, 2.05) is 54.6 Å². The van der Waals surface area contributed by atoms with Crippen molar-refractivity contribution in [2.24, 2.45) is 5.41 Å². The summed E-state index contributed by atoms with van der Waals surface area (Å²) in [5.41, 5.74) is 1.93. The van der Waals surface area contributed by atoms with E-state index >= 15 is 0 Å². The summed E-state index contributed by atoms with van der Waals surface area (Å²) in [6.07, 6.45) is 0.220. The lowest BCUT2D eigenvalue weighted by Gasteiger charge is -2.55. The van der Waals surface area contributed by atoms with Gasteiger partial charge in [-0.2, -0.15) is 0 Å². The largest absolute Gasteiger partial charge is 0.497 e. The van der Waals surface area contributed by atoms with Gasteiger partial charge in [0, 0.05) is 31.0 Å². The maximum atomic E-state index is 14.4. The van der Waals surface area contributed by atoms with Gasteiger partial charge in [-0.05, 0) is 54.4 Å². The van der Waals surface area contributed by atoms with Crippen molar-refractivity contribution >= 4 is 34.9 Å². The number of anilines is 3. The number of hydrogen-bond donors (Lipinski definition) is 1. The summed E-state index contributed by atoms with van der Waals surface area (Å²) in [5, 5.41) is 2.52. The van der Waals surface area contributed by atoms with E-state index in [9.17, 15) is 14.4 Å². The predicted molar refractivity (Wildman–Crippen MR) is 136 cm³/mol. The van der Waals surface area contributed by atoms with Crippen LogP contribution in [-0.4, -0.2) is 50.6 Å². The molecule has 3 aliphatic heterocycles. The average Bonchev–Trinajstić information content (AvgIpc) is 2.92. The van der Waals surface area contributed by atoms with Crippen LogP contribution in [0, 0.1) is 5.41 Å². The predicted octanol–water partition coefficient (Wildman–Crippen LogP) is 3.22. The number of ether oxygens (including phenoxy) is 1. The quantitative estimate of drug-likeness (QED) is 0.578. The molecule has 36 heavy (non-hydrogen) atoms. The number of nitrogens with zero attached hydrogens (tertiary/aromatic N) is 3. The molecule has 0 aromatic heterocycles. The highest BCUT2D eigenvalue weighted by Crippen LogP contribution is 2.46. The Kier molecular flexibility index (Phi) is 5.17. The van der Waals surface area contributed by atoms with Crippen LogP contribution in [0.5, 0.6) is 5.75 Å². The number of amides is 4. The normalized spacial score (nSPS) is 23.3. The second-order valence-corrected chi connectivity index (χ2v) is 9.37. The molecule has 182 valence electrons. The molecule has 0 bridgehead atoms. The number of benzene rings is 3. The highest BCUT2D eigenvalue weighted by molar-refractivity contribution is 6.30. The van der Waals surface area contributed by atoms with Gasteiger partial charge in [0.15, 0.2) is 5.41 Å². The number of carbonyl (C=O) groups excluding carboxylic acids is 3. The van der Waals surface area contributed by atoms with E-state index in [0.717, 1.165) is 28.4 Å². The van der Waals surface area contributed by atoms with Crippen LogP contribution in [0.4, 0.5) is 21.9 Å². The van der Waals surface area contributed by atoms with E-state index in [1.165, 1.54) is 0 Å². The van der Waals surface area contributed by atoms with Crippen molar-refractivity contribution in [3.8, 4) is 5.75 Å². The molecule has 0 radical (unpaired) electrons. The Balaban J connectivity index is 1.47. The third-order valence-electron chi connectivity index (χ3n) is 7.58. The fourth-order valence-electron chi connectivity index (χ4n) is 5.79. The van der Waals surface area contributed by atoms with Crippen LogP contribution in [0.2, 0.25) is 0 Å². The molecule has 3 aromatic carbocycles. The first-order chi connectivity index (χ1) is 17.5. The first-order valence-electron chi connectivity index (χ1n) is 12.0. The summed E-state index contributed by atoms with van der Waals surface area (Å²) in [7, 11) is 1.55. The molecule has 8 heteroatoms. The van der Waals surface area contributed by atoms with Crippen molar-refractivity contribution in [2.45, 2.75) is 12.5 Å². The number of nitrogens with one attached hydrogen (secondary N) is 1. The highest BCUT2D eigenvalue weighted by atomic mass is 16.5. The van der Waals surface area contributed by atoms with Gasteiger partial charge >= 0.3 is 6.03 Å². The number of carbonyl (C=O) groups is 3. The van der Waals surface area contributed by atoms with E-state index in [4.69, 9.17) is 4.74 Å². The van der Waals surface area contributed by atoms with Gasteiger partial charge in [-0.15, -0.1) is 0 Å². The van der Waals surface area contributed by atoms with E-state index in [1.54, 1.807) is 31.4 Å². The van der Waals surface area contributed by atoms with Crippen LogP contribution in [-0.2, 0) is 16.0 Å². The molecule has 0 unspecified atom stereocenters. The molecule has 3 heterocycles. The van der Waals surface area contributed by atoms with Crippen molar-refractivity contribution in [3.05, 3.63) is 84.4 Å². The molecular formula is C28H26N4O4. The Morgan fingerprint density at radius 3 is 2.33 bits per heavy atom. The van der Waals surface area contributed by atoms with E-state index in [-0.39, 0.29) is 6.42 Å². The zero-order valence-corrected chi connectivity index (χ0v) is 19.9. The standard InChI is InChI=1S/C28H26N4O4/c1-36-22-13-11-21(12-14-22)32-26(34)28(25(33)29-27(32)35)17-19-7-5-6-10-23(19)31-16-15-30(18-24(28)31)20-8-3-2-4-9-20/h2-14,24H,15-18H2,1H3,(H,29,33,35)/t24-,28-/m1/s1. The molecule has 6 rings (SSSR count). The van der Waals surface area contributed by atoms with Crippen molar-refractivity contribution in [1.82, 2.24) is 5.32 Å². The fourth-order valence-corrected chi connectivity index (χ4v) is 5.79. The molecule has 4 amide bonds. The monoisotopic (exact) mass is 482 g/mol. The van der Waals surface area contributed by atoms with E-state index < -0.39 is 29.3 Å². The molecule has 2 atom stereocenters. The Labute approximate surface area is 209 Å². The minimum absolute atomic E-state index is 0.220.